The highest BCUT2D eigenvalue weighted by Gasteiger charge is 2.72. The van der Waals surface area contributed by atoms with E-state index >= 15 is 0 Å². The van der Waals surface area contributed by atoms with Gasteiger partial charge in [0.15, 0.2) is 6.29 Å². The lowest BCUT2D eigenvalue weighted by Gasteiger charge is -2.73. The van der Waals surface area contributed by atoms with Crippen LogP contribution < -0.4 is 0 Å². The first-order chi connectivity index (χ1) is 21.5. The van der Waals surface area contributed by atoms with E-state index in [0.717, 1.165) is 64.2 Å². The maximum Gasteiger partial charge on any atom is 0.312 e. The number of carbonyl (C=O) groups excluding carboxylic acids is 1. The minimum absolute atomic E-state index is 0.0354. The first-order valence-electron chi connectivity index (χ1n) is 18.3. The summed E-state index contributed by atoms with van der Waals surface area (Å²) >= 11 is 0. The van der Waals surface area contributed by atoms with E-state index in [-0.39, 0.29) is 39.1 Å². The summed E-state index contributed by atoms with van der Waals surface area (Å²) in [5.41, 5.74) is 1.01. The van der Waals surface area contributed by atoms with Gasteiger partial charge >= 0.3 is 5.97 Å². The van der Waals surface area contributed by atoms with Gasteiger partial charge in [0.25, 0.3) is 0 Å². The molecule has 5 aliphatic carbocycles. The van der Waals surface area contributed by atoms with Crippen LogP contribution in [0.25, 0.3) is 0 Å². The van der Waals surface area contributed by atoms with Crippen molar-refractivity contribution < 1.29 is 39.4 Å². The lowest BCUT2D eigenvalue weighted by molar-refractivity contribution is -0.331. The molecule has 6 fully saturated rings. The first kappa shape index (κ1) is 34.8. The second-order valence-corrected chi connectivity index (χ2v) is 17.7. The summed E-state index contributed by atoms with van der Waals surface area (Å²) in [6.07, 6.45) is 3.77. The van der Waals surface area contributed by atoms with Crippen LogP contribution in [0.1, 0.15) is 113 Å². The molecule has 1 aliphatic heterocycles. The Hall–Kier alpha value is -1.03. The van der Waals surface area contributed by atoms with Crippen molar-refractivity contribution in [3.8, 4) is 0 Å². The third-order valence-corrected chi connectivity index (χ3v) is 15.8. The highest BCUT2D eigenvalue weighted by molar-refractivity contribution is 5.78. The van der Waals surface area contributed by atoms with Crippen LogP contribution in [0.3, 0.4) is 0 Å². The van der Waals surface area contributed by atoms with Gasteiger partial charge in [0.1, 0.15) is 24.4 Å². The van der Waals surface area contributed by atoms with Gasteiger partial charge in [-0.1, -0.05) is 46.8 Å². The van der Waals surface area contributed by atoms with Crippen molar-refractivity contribution >= 4 is 5.97 Å². The quantitative estimate of drug-likeness (QED) is 0.172. The number of allylic oxidation sites excluding steroid dienone is 1. The van der Waals surface area contributed by atoms with E-state index in [2.05, 4.69) is 48.1 Å². The summed E-state index contributed by atoms with van der Waals surface area (Å²) < 4.78 is 18.1. The lowest BCUT2D eigenvalue weighted by atomic mass is 9.32. The summed E-state index contributed by atoms with van der Waals surface area (Å²) in [6.45, 7) is 20.8. The highest BCUT2D eigenvalue weighted by Crippen LogP contribution is 2.77. The van der Waals surface area contributed by atoms with Gasteiger partial charge in [-0.3, -0.25) is 4.79 Å². The molecule has 15 atom stereocenters. The van der Waals surface area contributed by atoms with Crippen LogP contribution in [0.5, 0.6) is 0 Å². The van der Waals surface area contributed by atoms with Crippen molar-refractivity contribution in [2.75, 3.05) is 13.2 Å². The third kappa shape index (κ3) is 4.70. The summed E-state index contributed by atoms with van der Waals surface area (Å²) in [6, 6.07) is 0. The molecule has 0 amide bonds. The monoisotopic (exact) mass is 646 g/mol. The fourth-order valence-electron chi connectivity index (χ4n) is 13.3. The number of hydrogen-bond donors (Lipinski definition) is 4. The Balaban J connectivity index is 1.27. The van der Waals surface area contributed by atoms with Crippen molar-refractivity contribution in [3.63, 3.8) is 0 Å². The van der Waals surface area contributed by atoms with Gasteiger partial charge in [-0.25, -0.2) is 0 Å². The van der Waals surface area contributed by atoms with Gasteiger partial charge in [0, 0.05) is 0 Å². The standard InChI is InChI=1S/C38H62O8/c1-9-44-33(43)38-17-12-22(21(2)3)28(38)23-10-11-26-35(6)15-14-27(46-32-31(42)30(41)29(40)24(20-39)45-32)34(4,5)25(35)13-16-37(26,8)36(23,7)18-19-38/h22-32,39-42H,2,9-20H2,1,3-8H3/t22-,23+,24+,25-,26+,27?,28+,29+,30-,31+,32-,35-,36+,37+,38-/m0/s1. The van der Waals surface area contributed by atoms with Crippen molar-refractivity contribution in [2.45, 2.75) is 149 Å². The van der Waals surface area contributed by atoms with Crippen molar-refractivity contribution in [1.82, 2.24) is 0 Å². The molecule has 8 nitrogen and oxygen atoms in total. The van der Waals surface area contributed by atoms with Crippen molar-refractivity contribution in [3.05, 3.63) is 12.2 Å². The van der Waals surface area contributed by atoms with E-state index in [1.165, 1.54) is 5.57 Å². The normalized spacial score (nSPS) is 52.9. The molecule has 8 heteroatoms. The number of aliphatic hydroxyl groups excluding tert-OH is 4. The maximum atomic E-state index is 13.8. The molecule has 262 valence electrons. The largest absolute Gasteiger partial charge is 0.466 e. The zero-order chi connectivity index (χ0) is 33.6. The Bertz CT molecular complexity index is 1190. The van der Waals surface area contributed by atoms with Crippen LogP contribution in [0.4, 0.5) is 0 Å². The number of carbonyl (C=O) groups is 1. The molecule has 0 aromatic rings. The molecule has 6 rings (SSSR count). The predicted molar refractivity (Wildman–Crippen MR) is 174 cm³/mol. The van der Waals surface area contributed by atoms with Crippen LogP contribution in [0, 0.1) is 56.7 Å². The zero-order valence-electron chi connectivity index (χ0n) is 29.5. The Labute approximate surface area is 276 Å². The fourth-order valence-corrected chi connectivity index (χ4v) is 13.3. The average Bonchev–Trinajstić information content (AvgIpc) is 3.40. The summed E-state index contributed by atoms with van der Waals surface area (Å²) in [4.78, 5) is 13.8. The topological polar surface area (TPSA) is 126 Å². The van der Waals surface area contributed by atoms with E-state index in [1.807, 2.05) is 6.92 Å². The van der Waals surface area contributed by atoms with Gasteiger partial charge in [-0.05, 0) is 129 Å². The fraction of sp³-hybridized carbons (Fsp3) is 0.921. The predicted octanol–water partition coefficient (Wildman–Crippen LogP) is 5.39. The second kappa shape index (κ2) is 11.8. The van der Waals surface area contributed by atoms with Crippen molar-refractivity contribution in [2.24, 2.45) is 56.7 Å². The number of fused-ring (bicyclic) bond motifs is 7. The molecule has 0 bridgehead atoms. The van der Waals surface area contributed by atoms with Crippen LogP contribution in [0.15, 0.2) is 12.2 Å². The Morgan fingerprint density at radius 1 is 0.848 bits per heavy atom. The molecule has 46 heavy (non-hydrogen) atoms. The molecule has 1 saturated heterocycles. The van der Waals surface area contributed by atoms with Crippen LogP contribution >= 0.6 is 0 Å². The van der Waals surface area contributed by atoms with Gasteiger partial charge in [-0.2, -0.15) is 0 Å². The van der Waals surface area contributed by atoms with Gasteiger partial charge in [-0.15, -0.1) is 0 Å². The molecule has 6 aliphatic rings. The number of esters is 1. The lowest BCUT2D eigenvalue weighted by Crippen LogP contribution is -2.67. The number of hydrogen-bond acceptors (Lipinski definition) is 8. The average molecular weight is 647 g/mol. The van der Waals surface area contributed by atoms with E-state index in [4.69, 9.17) is 14.2 Å². The molecule has 0 spiro atoms. The molecule has 0 radical (unpaired) electrons. The van der Waals surface area contributed by atoms with E-state index in [1.54, 1.807) is 0 Å². The molecule has 4 N–H and O–H groups in total. The maximum absolute atomic E-state index is 13.8. The molecular weight excluding hydrogens is 584 g/mol. The molecule has 1 unspecified atom stereocenters. The van der Waals surface area contributed by atoms with E-state index < -0.39 is 37.3 Å². The van der Waals surface area contributed by atoms with Gasteiger partial charge < -0.3 is 34.6 Å². The summed E-state index contributed by atoms with van der Waals surface area (Å²) in [7, 11) is 0. The highest BCUT2D eigenvalue weighted by atomic mass is 16.7. The SMILES string of the molecule is C=C(C)[C@@H]1CC[C@]2(C(=O)OCC)CC[C@]3(C)[C@H](CC[C@@H]4[C@@]5(C)CCC(O[C@@H]6O[C@H](CO)[C@@H](O)[C@H](O)[C@H]6O)C(C)(C)[C@@H]5CC[C@]43C)[C@@H]12. The third-order valence-electron chi connectivity index (χ3n) is 15.8. The minimum atomic E-state index is -1.44. The van der Waals surface area contributed by atoms with Crippen molar-refractivity contribution in [1.29, 1.82) is 0 Å². The van der Waals surface area contributed by atoms with Crippen LogP contribution in [-0.2, 0) is 19.0 Å². The van der Waals surface area contributed by atoms with Gasteiger partial charge in [0.05, 0.1) is 24.7 Å². The number of aliphatic hydroxyl groups is 4. The molecular formula is C38H62O8. The number of rotatable bonds is 6. The van der Waals surface area contributed by atoms with Crippen LogP contribution in [0.2, 0.25) is 0 Å². The first-order valence-corrected chi connectivity index (χ1v) is 18.3. The van der Waals surface area contributed by atoms with Crippen LogP contribution in [-0.4, -0.2) is 76.4 Å². The Morgan fingerprint density at radius 3 is 2.22 bits per heavy atom. The smallest absolute Gasteiger partial charge is 0.312 e. The summed E-state index contributed by atoms with van der Waals surface area (Å²) in [5, 5.41) is 41.2. The summed E-state index contributed by atoms with van der Waals surface area (Å²) in [5.74, 6) is 2.12. The second-order valence-electron chi connectivity index (χ2n) is 17.7. The molecule has 5 saturated carbocycles. The van der Waals surface area contributed by atoms with E-state index in [9.17, 15) is 25.2 Å². The Morgan fingerprint density at radius 2 is 1.57 bits per heavy atom. The number of ether oxygens (including phenoxy) is 3. The van der Waals surface area contributed by atoms with Gasteiger partial charge in [0.2, 0.25) is 0 Å². The Kier molecular flexibility index (Phi) is 8.93. The zero-order valence-corrected chi connectivity index (χ0v) is 29.5. The minimum Gasteiger partial charge on any atom is -0.466 e. The van der Waals surface area contributed by atoms with E-state index in [0.29, 0.717) is 36.2 Å². The molecule has 0 aromatic heterocycles. The molecule has 1 heterocycles. The molecule has 0 aromatic carbocycles.